The molecule has 8 nitrogen and oxygen atoms in total. The Hall–Kier alpha value is -3.13. The first-order chi connectivity index (χ1) is 13.1. The fourth-order valence-electron chi connectivity index (χ4n) is 3.33. The van der Waals surface area contributed by atoms with E-state index in [0.29, 0.717) is 26.2 Å². The number of piperazine rings is 1. The number of rotatable bonds is 4. The number of carbonyl (C=O) groups is 2. The van der Waals surface area contributed by atoms with Crippen molar-refractivity contribution in [1.82, 2.24) is 14.8 Å². The highest BCUT2D eigenvalue weighted by Gasteiger charge is 2.25. The fraction of sp³-hybridized carbons (Fsp3) is 0.316. The van der Waals surface area contributed by atoms with Crippen molar-refractivity contribution in [3.05, 3.63) is 53.3 Å². The maximum Gasteiger partial charge on any atom is 0.338 e. The van der Waals surface area contributed by atoms with Gasteiger partial charge in [-0.15, -0.1) is 0 Å². The minimum absolute atomic E-state index is 0.0645. The maximum absolute atomic E-state index is 12.7. The average molecular weight is 369 g/mol. The molecule has 3 heterocycles. The summed E-state index contributed by atoms with van der Waals surface area (Å²) >= 11 is 0. The number of aromatic nitrogens is 1. The largest absolute Gasteiger partial charge is 0.478 e. The van der Waals surface area contributed by atoms with Gasteiger partial charge in [0.05, 0.1) is 11.1 Å². The summed E-state index contributed by atoms with van der Waals surface area (Å²) in [4.78, 5) is 31.8. The highest BCUT2D eigenvalue weighted by atomic mass is 16.7. The van der Waals surface area contributed by atoms with Crippen molar-refractivity contribution in [2.75, 3.05) is 33.0 Å². The van der Waals surface area contributed by atoms with Crippen LogP contribution in [-0.4, -0.2) is 64.7 Å². The number of carbonyl (C=O) groups excluding carboxylic acids is 1. The van der Waals surface area contributed by atoms with Crippen LogP contribution in [0.25, 0.3) is 0 Å². The second kappa shape index (κ2) is 7.24. The third-order valence-electron chi connectivity index (χ3n) is 4.78. The molecule has 8 heteroatoms. The molecule has 1 aromatic heterocycles. The molecule has 4 rings (SSSR count). The first-order valence-corrected chi connectivity index (χ1v) is 8.69. The van der Waals surface area contributed by atoms with Crippen LogP contribution in [0.15, 0.2) is 36.7 Å². The number of carboxylic acid groups (broad SMARTS) is 1. The van der Waals surface area contributed by atoms with Crippen LogP contribution in [0.3, 0.4) is 0 Å². The monoisotopic (exact) mass is 369 g/mol. The molecule has 27 heavy (non-hydrogen) atoms. The first-order valence-electron chi connectivity index (χ1n) is 8.69. The van der Waals surface area contributed by atoms with Gasteiger partial charge in [0.2, 0.25) is 6.79 Å². The Morgan fingerprint density at radius 1 is 1.04 bits per heavy atom. The summed E-state index contributed by atoms with van der Waals surface area (Å²) in [5.41, 5.74) is 1.24. The van der Waals surface area contributed by atoms with Crippen LogP contribution >= 0.6 is 0 Å². The Bertz CT molecular complexity index is 877. The van der Waals surface area contributed by atoms with Gasteiger partial charge in [-0.05, 0) is 23.8 Å². The van der Waals surface area contributed by atoms with Crippen LogP contribution < -0.4 is 9.47 Å². The lowest BCUT2D eigenvalue weighted by molar-refractivity contribution is 0.0608. The molecule has 0 radical (unpaired) electrons. The van der Waals surface area contributed by atoms with Gasteiger partial charge < -0.3 is 19.5 Å². The molecule has 0 spiro atoms. The highest BCUT2D eigenvalue weighted by Crippen LogP contribution is 2.32. The van der Waals surface area contributed by atoms with Crippen LogP contribution in [-0.2, 0) is 6.54 Å². The van der Waals surface area contributed by atoms with Crippen LogP contribution in [0.2, 0.25) is 0 Å². The number of fused-ring (bicyclic) bond motifs is 1. The van der Waals surface area contributed by atoms with E-state index in [-0.39, 0.29) is 23.8 Å². The second-order valence-corrected chi connectivity index (χ2v) is 6.48. The van der Waals surface area contributed by atoms with Gasteiger partial charge in [-0.3, -0.25) is 14.7 Å². The number of hydrogen-bond donors (Lipinski definition) is 1. The number of carboxylic acids is 1. The van der Waals surface area contributed by atoms with Crippen molar-refractivity contribution in [2.45, 2.75) is 6.54 Å². The van der Waals surface area contributed by atoms with Gasteiger partial charge in [-0.25, -0.2) is 4.79 Å². The van der Waals surface area contributed by atoms with Gasteiger partial charge in [0.25, 0.3) is 5.91 Å². The minimum atomic E-state index is -1.15. The molecule has 140 valence electrons. The molecule has 0 bridgehead atoms. The van der Waals surface area contributed by atoms with Crippen molar-refractivity contribution in [1.29, 1.82) is 0 Å². The molecule has 2 aliphatic rings. The standard InChI is InChI=1S/C19H19N3O5/c23-18(14-3-4-20-10-15(14)19(24)25)22-7-5-21(6-8-22)11-13-1-2-16-17(9-13)27-12-26-16/h1-4,9-10H,5-8,11-12H2,(H,24,25). The van der Waals surface area contributed by atoms with E-state index in [0.717, 1.165) is 23.6 Å². The zero-order valence-corrected chi connectivity index (χ0v) is 14.6. The normalized spacial score (nSPS) is 16.4. The highest BCUT2D eigenvalue weighted by molar-refractivity contribution is 6.04. The third kappa shape index (κ3) is 3.56. The van der Waals surface area contributed by atoms with Gasteiger partial charge in [0, 0.05) is 45.1 Å². The number of benzene rings is 1. The number of pyridine rings is 1. The molecule has 1 amide bonds. The average Bonchev–Trinajstić information content (AvgIpc) is 3.16. The number of nitrogens with zero attached hydrogens (tertiary/aromatic N) is 3. The van der Waals surface area contributed by atoms with E-state index in [1.165, 1.54) is 18.5 Å². The molecule has 1 N–H and O–H groups in total. The smallest absolute Gasteiger partial charge is 0.338 e. The van der Waals surface area contributed by atoms with E-state index in [1.807, 2.05) is 18.2 Å². The van der Waals surface area contributed by atoms with Crippen LogP contribution in [0.1, 0.15) is 26.3 Å². The number of amides is 1. The van der Waals surface area contributed by atoms with E-state index < -0.39 is 5.97 Å². The molecule has 1 fully saturated rings. The van der Waals surface area contributed by atoms with Crippen LogP contribution in [0.4, 0.5) is 0 Å². The summed E-state index contributed by atoms with van der Waals surface area (Å²) < 4.78 is 10.7. The van der Waals surface area contributed by atoms with E-state index >= 15 is 0 Å². The lowest BCUT2D eigenvalue weighted by atomic mass is 10.1. The molecule has 2 aromatic rings. The van der Waals surface area contributed by atoms with E-state index in [4.69, 9.17) is 9.47 Å². The number of aromatic carboxylic acids is 1. The van der Waals surface area contributed by atoms with E-state index in [1.54, 1.807) is 4.90 Å². The molecule has 0 atom stereocenters. The fourth-order valence-corrected chi connectivity index (χ4v) is 3.33. The Morgan fingerprint density at radius 2 is 1.81 bits per heavy atom. The molecule has 0 aliphatic carbocycles. The molecule has 1 saturated heterocycles. The Kier molecular flexibility index (Phi) is 4.64. The number of hydrogen-bond acceptors (Lipinski definition) is 6. The molecule has 1 aromatic carbocycles. The van der Waals surface area contributed by atoms with Crippen molar-refractivity contribution in [3.63, 3.8) is 0 Å². The van der Waals surface area contributed by atoms with Crippen molar-refractivity contribution in [2.24, 2.45) is 0 Å². The van der Waals surface area contributed by atoms with Crippen LogP contribution in [0, 0.1) is 0 Å². The summed E-state index contributed by atoms with van der Waals surface area (Å²) in [7, 11) is 0. The molecular weight excluding hydrogens is 350 g/mol. The quantitative estimate of drug-likeness (QED) is 0.872. The summed E-state index contributed by atoms with van der Waals surface area (Å²) in [6.07, 6.45) is 2.65. The van der Waals surface area contributed by atoms with E-state index in [2.05, 4.69) is 9.88 Å². The topological polar surface area (TPSA) is 92.2 Å². The minimum Gasteiger partial charge on any atom is -0.478 e. The van der Waals surface area contributed by atoms with E-state index in [9.17, 15) is 14.7 Å². The summed E-state index contributed by atoms with van der Waals surface area (Å²) in [5.74, 6) is 0.117. The molecule has 2 aliphatic heterocycles. The summed E-state index contributed by atoms with van der Waals surface area (Å²) in [6.45, 7) is 3.54. The van der Waals surface area contributed by atoms with Crippen molar-refractivity contribution in [3.8, 4) is 11.5 Å². The predicted molar refractivity (Wildman–Crippen MR) is 94.9 cm³/mol. The Labute approximate surface area is 155 Å². The Morgan fingerprint density at radius 3 is 2.59 bits per heavy atom. The second-order valence-electron chi connectivity index (χ2n) is 6.48. The molecule has 0 unspecified atom stereocenters. The zero-order chi connectivity index (χ0) is 18.8. The lowest BCUT2D eigenvalue weighted by Crippen LogP contribution is -2.48. The maximum atomic E-state index is 12.7. The van der Waals surface area contributed by atoms with Crippen molar-refractivity contribution < 1.29 is 24.2 Å². The summed E-state index contributed by atoms with van der Waals surface area (Å²) in [5, 5.41) is 9.25. The number of ether oxygens (including phenoxy) is 2. The SMILES string of the molecule is O=C(O)c1cnccc1C(=O)N1CCN(Cc2ccc3c(c2)OCO3)CC1. The van der Waals surface area contributed by atoms with Gasteiger partial charge >= 0.3 is 5.97 Å². The molecular formula is C19H19N3O5. The van der Waals surface area contributed by atoms with Gasteiger partial charge in [0.15, 0.2) is 11.5 Å². The summed E-state index contributed by atoms with van der Waals surface area (Å²) in [6, 6.07) is 7.37. The lowest BCUT2D eigenvalue weighted by Gasteiger charge is -2.35. The predicted octanol–water partition coefficient (Wildman–Crippen LogP) is 1.47. The van der Waals surface area contributed by atoms with Crippen molar-refractivity contribution >= 4 is 11.9 Å². The van der Waals surface area contributed by atoms with Gasteiger partial charge in [0.1, 0.15) is 0 Å². The molecule has 0 saturated carbocycles. The third-order valence-corrected chi connectivity index (χ3v) is 4.78. The van der Waals surface area contributed by atoms with Gasteiger partial charge in [-0.2, -0.15) is 0 Å². The van der Waals surface area contributed by atoms with Crippen LogP contribution in [0.5, 0.6) is 11.5 Å². The Balaban J connectivity index is 1.38. The zero-order valence-electron chi connectivity index (χ0n) is 14.6. The first kappa shape index (κ1) is 17.3. The van der Waals surface area contributed by atoms with Gasteiger partial charge in [-0.1, -0.05) is 6.07 Å².